The lowest BCUT2D eigenvalue weighted by Crippen LogP contribution is -2.29. The summed E-state index contributed by atoms with van der Waals surface area (Å²) in [5.74, 6) is 0. The molecule has 0 saturated carbocycles. The normalized spacial score (nSPS) is 11.0. The summed E-state index contributed by atoms with van der Waals surface area (Å²) in [6.45, 7) is 7.94. The fraction of sp³-hybridized carbons (Fsp3) is 0.533. The molecule has 0 unspecified atom stereocenters. The van der Waals surface area contributed by atoms with Crippen molar-refractivity contribution in [2.75, 3.05) is 23.7 Å². The molecule has 1 aromatic rings. The zero-order valence-electron chi connectivity index (χ0n) is 11.6. The van der Waals surface area contributed by atoms with Crippen molar-refractivity contribution in [2.45, 2.75) is 33.6 Å². The lowest BCUT2D eigenvalue weighted by molar-refractivity contribution is 0.450. The Balaban J connectivity index is 2.79. The summed E-state index contributed by atoms with van der Waals surface area (Å²) in [4.78, 5) is 2.27. The molecule has 0 bridgehead atoms. The fourth-order valence-electron chi connectivity index (χ4n) is 1.87. The number of rotatable bonds is 6. The van der Waals surface area contributed by atoms with Gasteiger partial charge in [0.25, 0.3) is 0 Å². The number of nitriles is 1. The molecule has 18 heavy (non-hydrogen) atoms. The molecule has 0 aliphatic carbocycles. The zero-order valence-corrected chi connectivity index (χ0v) is 11.6. The van der Waals surface area contributed by atoms with Crippen molar-refractivity contribution < 1.29 is 0 Å². The molecular formula is C15H23N3. The van der Waals surface area contributed by atoms with Crippen LogP contribution in [0.25, 0.3) is 0 Å². The molecule has 0 saturated heterocycles. The minimum Gasteiger partial charge on any atom is -0.397 e. The van der Waals surface area contributed by atoms with Crippen LogP contribution in [-0.4, -0.2) is 13.1 Å². The minimum atomic E-state index is -0.282. The van der Waals surface area contributed by atoms with Crippen LogP contribution in [0.4, 0.5) is 11.4 Å². The Hall–Kier alpha value is -1.69. The maximum absolute atomic E-state index is 9.07. The van der Waals surface area contributed by atoms with E-state index in [-0.39, 0.29) is 5.41 Å². The van der Waals surface area contributed by atoms with Crippen LogP contribution in [0.1, 0.15) is 33.6 Å². The van der Waals surface area contributed by atoms with Crippen molar-refractivity contribution in [3.8, 4) is 6.07 Å². The topological polar surface area (TPSA) is 53.0 Å². The van der Waals surface area contributed by atoms with E-state index in [1.165, 1.54) is 0 Å². The Kier molecular flexibility index (Phi) is 5.03. The van der Waals surface area contributed by atoms with Gasteiger partial charge in [-0.05, 0) is 38.8 Å². The molecule has 3 heteroatoms. The first-order valence-corrected chi connectivity index (χ1v) is 6.51. The van der Waals surface area contributed by atoms with E-state index in [0.29, 0.717) is 0 Å². The highest BCUT2D eigenvalue weighted by Crippen LogP contribution is 2.26. The van der Waals surface area contributed by atoms with Gasteiger partial charge in [-0.1, -0.05) is 19.1 Å². The van der Waals surface area contributed by atoms with Crippen molar-refractivity contribution in [1.29, 1.82) is 5.26 Å². The van der Waals surface area contributed by atoms with Gasteiger partial charge in [0, 0.05) is 13.1 Å². The Morgan fingerprint density at radius 2 is 1.94 bits per heavy atom. The van der Waals surface area contributed by atoms with E-state index in [1.807, 2.05) is 38.1 Å². The molecular weight excluding hydrogens is 222 g/mol. The van der Waals surface area contributed by atoms with E-state index in [0.717, 1.165) is 37.3 Å². The third-order valence-electron chi connectivity index (χ3n) is 3.08. The fourth-order valence-corrected chi connectivity index (χ4v) is 1.87. The largest absolute Gasteiger partial charge is 0.397 e. The number of nitrogens with zero attached hydrogens (tertiary/aromatic N) is 2. The quantitative estimate of drug-likeness (QED) is 0.781. The predicted molar refractivity (Wildman–Crippen MR) is 77.4 cm³/mol. The molecule has 0 fully saturated rings. The first-order chi connectivity index (χ1) is 8.50. The highest BCUT2D eigenvalue weighted by molar-refractivity contribution is 5.67. The van der Waals surface area contributed by atoms with E-state index in [4.69, 9.17) is 11.0 Å². The summed E-state index contributed by atoms with van der Waals surface area (Å²) in [5.41, 5.74) is 7.62. The van der Waals surface area contributed by atoms with Gasteiger partial charge in [-0.3, -0.25) is 0 Å². The van der Waals surface area contributed by atoms with E-state index in [1.54, 1.807) is 0 Å². The number of hydrogen-bond acceptors (Lipinski definition) is 3. The third-order valence-corrected chi connectivity index (χ3v) is 3.08. The van der Waals surface area contributed by atoms with E-state index >= 15 is 0 Å². The molecule has 0 amide bonds. The van der Waals surface area contributed by atoms with Crippen LogP contribution < -0.4 is 10.6 Å². The van der Waals surface area contributed by atoms with E-state index in [9.17, 15) is 0 Å². The second kappa shape index (κ2) is 6.30. The second-order valence-corrected chi connectivity index (χ2v) is 5.29. The van der Waals surface area contributed by atoms with Crippen LogP contribution in [0.2, 0.25) is 0 Å². The van der Waals surface area contributed by atoms with Crippen LogP contribution in [0.15, 0.2) is 24.3 Å². The number of hydrogen-bond donors (Lipinski definition) is 1. The Morgan fingerprint density at radius 3 is 2.50 bits per heavy atom. The van der Waals surface area contributed by atoms with E-state index < -0.39 is 0 Å². The van der Waals surface area contributed by atoms with Crippen molar-refractivity contribution in [2.24, 2.45) is 5.41 Å². The molecule has 0 aromatic heterocycles. The van der Waals surface area contributed by atoms with Gasteiger partial charge in [0.15, 0.2) is 0 Å². The van der Waals surface area contributed by atoms with Gasteiger partial charge in [0.2, 0.25) is 0 Å². The predicted octanol–water partition coefficient (Wildman–Crippen LogP) is 3.43. The molecule has 0 spiro atoms. The average Bonchev–Trinajstić information content (AvgIpc) is 2.35. The molecule has 1 rings (SSSR count). The lowest BCUT2D eigenvalue weighted by atomic mass is 9.91. The molecule has 3 nitrogen and oxygen atoms in total. The number of nitrogen functional groups attached to an aromatic ring is 1. The van der Waals surface area contributed by atoms with Gasteiger partial charge in [-0.15, -0.1) is 0 Å². The number of para-hydroxylation sites is 2. The molecule has 0 heterocycles. The monoisotopic (exact) mass is 245 g/mol. The Labute approximate surface area is 110 Å². The highest BCUT2D eigenvalue weighted by atomic mass is 15.1. The molecule has 0 radical (unpaired) electrons. The first kappa shape index (κ1) is 14.4. The summed E-state index contributed by atoms with van der Waals surface area (Å²) in [6, 6.07) is 10.3. The van der Waals surface area contributed by atoms with Crippen LogP contribution in [0.3, 0.4) is 0 Å². The Bertz CT molecular complexity index is 418. The number of anilines is 2. The standard InChI is InChI=1S/C15H23N3/c1-4-10-18(11-9-15(2,3)12-16)14-8-6-5-7-13(14)17/h5-8H,4,9-11,17H2,1-3H3. The van der Waals surface area contributed by atoms with Gasteiger partial charge in [-0.2, -0.15) is 5.26 Å². The zero-order chi connectivity index (χ0) is 13.6. The van der Waals surface area contributed by atoms with Crippen molar-refractivity contribution >= 4 is 11.4 Å². The average molecular weight is 245 g/mol. The maximum atomic E-state index is 9.07. The summed E-state index contributed by atoms with van der Waals surface area (Å²) in [5, 5.41) is 9.07. The van der Waals surface area contributed by atoms with Gasteiger partial charge < -0.3 is 10.6 Å². The summed E-state index contributed by atoms with van der Waals surface area (Å²) < 4.78 is 0. The highest BCUT2D eigenvalue weighted by Gasteiger charge is 2.18. The SMILES string of the molecule is CCCN(CCC(C)(C)C#N)c1ccccc1N. The summed E-state index contributed by atoms with van der Waals surface area (Å²) in [7, 11) is 0. The number of benzene rings is 1. The third kappa shape index (κ3) is 3.96. The molecule has 0 aliphatic heterocycles. The number of nitrogens with two attached hydrogens (primary N) is 1. The molecule has 2 N–H and O–H groups in total. The molecule has 1 aromatic carbocycles. The van der Waals surface area contributed by atoms with Crippen molar-refractivity contribution in [1.82, 2.24) is 0 Å². The van der Waals surface area contributed by atoms with Crippen LogP contribution in [-0.2, 0) is 0 Å². The van der Waals surface area contributed by atoms with Crippen molar-refractivity contribution in [3.63, 3.8) is 0 Å². The Morgan fingerprint density at radius 1 is 1.28 bits per heavy atom. The second-order valence-electron chi connectivity index (χ2n) is 5.29. The molecule has 0 atom stereocenters. The lowest BCUT2D eigenvalue weighted by Gasteiger charge is -2.28. The van der Waals surface area contributed by atoms with Crippen LogP contribution in [0, 0.1) is 16.7 Å². The minimum absolute atomic E-state index is 0.282. The summed E-state index contributed by atoms with van der Waals surface area (Å²) >= 11 is 0. The van der Waals surface area contributed by atoms with Crippen LogP contribution in [0.5, 0.6) is 0 Å². The van der Waals surface area contributed by atoms with Crippen molar-refractivity contribution in [3.05, 3.63) is 24.3 Å². The molecule has 0 aliphatic rings. The smallest absolute Gasteiger partial charge is 0.0684 e. The van der Waals surface area contributed by atoms with Gasteiger partial charge in [0.05, 0.1) is 22.9 Å². The molecule has 98 valence electrons. The first-order valence-electron chi connectivity index (χ1n) is 6.51. The van der Waals surface area contributed by atoms with E-state index in [2.05, 4.69) is 17.9 Å². The maximum Gasteiger partial charge on any atom is 0.0684 e. The van der Waals surface area contributed by atoms with Gasteiger partial charge >= 0.3 is 0 Å². The summed E-state index contributed by atoms with van der Waals surface area (Å²) in [6.07, 6.45) is 1.92. The van der Waals surface area contributed by atoms with Gasteiger partial charge in [-0.25, -0.2) is 0 Å². The van der Waals surface area contributed by atoms with Gasteiger partial charge in [0.1, 0.15) is 0 Å². The van der Waals surface area contributed by atoms with Crippen LogP contribution >= 0.6 is 0 Å².